The molecule has 0 spiro atoms. The van der Waals surface area contributed by atoms with Crippen molar-refractivity contribution in [1.29, 1.82) is 0 Å². The van der Waals surface area contributed by atoms with Gasteiger partial charge >= 0.3 is 0 Å². The molecule has 0 aromatic heterocycles. The van der Waals surface area contributed by atoms with Crippen LogP contribution in [0.1, 0.15) is 69.1 Å². The van der Waals surface area contributed by atoms with E-state index >= 15 is 0 Å². The highest BCUT2D eigenvalue weighted by Crippen LogP contribution is 2.38. The lowest BCUT2D eigenvalue weighted by atomic mass is 9.80. The molecule has 144 valence electrons. The molecule has 0 saturated heterocycles. The van der Waals surface area contributed by atoms with Gasteiger partial charge in [-0.3, -0.25) is 0 Å². The first kappa shape index (κ1) is 18.4. The molecule has 0 radical (unpaired) electrons. The molecule has 2 aromatic carbocycles. The predicted molar refractivity (Wildman–Crippen MR) is 107 cm³/mol. The van der Waals surface area contributed by atoms with E-state index in [1.165, 1.54) is 11.1 Å². The molecule has 1 atom stereocenters. The lowest BCUT2D eigenvalue weighted by Gasteiger charge is -2.36. The summed E-state index contributed by atoms with van der Waals surface area (Å²) in [7, 11) is 0. The summed E-state index contributed by atoms with van der Waals surface area (Å²) in [6.45, 7) is 2.14. The van der Waals surface area contributed by atoms with Gasteiger partial charge in [0.25, 0.3) is 0 Å². The van der Waals surface area contributed by atoms with Gasteiger partial charge in [0.15, 0.2) is 0 Å². The first-order valence-corrected chi connectivity index (χ1v) is 10.4. The van der Waals surface area contributed by atoms with Crippen molar-refractivity contribution in [1.82, 2.24) is 0 Å². The van der Waals surface area contributed by atoms with Crippen molar-refractivity contribution < 1.29 is 14.6 Å². The van der Waals surface area contributed by atoms with Gasteiger partial charge in [-0.2, -0.15) is 0 Å². The van der Waals surface area contributed by atoms with Crippen LogP contribution in [0.3, 0.4) is 0 Å². The van der Waals surface area contributed by atoms with Crippen LogP contribution >= 0.6 is 0 Å². The van der Waals surface area contributed by atoms with E-state index < -0.39 is 5.60 Å². The zero-order chi connectivity index (χ0) is 18.7. The van der Waals surface area contributed by atoms with Gasteiger partial charge in [-0.25, -0.2) is 0 Å². The Bertz CT molecular complexity index is 747. The maximum Gasteiger partial charge on any atom is 0.124 e. The molecule has 1 aliphatic heterocycles. The minimum Gasteiger partial charge on any atom is -0.490 e. The molecule has 1 N–H and O–H groups in total. The number of rotatable bonds is 5. The molecular weight excluding hydrogens is 336 g/mol. The Kier molecular flexibility index (Phi) is 5.40. The van der Waals surface area contributed by atoms with E-state index in [1.54, 1.807) is 0 Å². The Balaban J connectivity index is 1.37. The molecule has 0 bridgehead atoms. The van der Waals surface area contributed by atoms with E-state index in [1.807, 2.05) is 12.1 Å². The molecule has 1 fully saturated rings. The number of hydrogen-bond donors (Lipinski definition) is 1. The van der Waals surface area contributed by atoms with Gasteiger partial charge in [-0.15, -0.1) is 0 Å². The van der Waals surface area contributed by atoms with Gasteiger partial charge < -0.3 is 14.6 Å². The number of hydrogen-bond acceptors (Lipinski definition) is 3. The summed E-state index contributed by atoms with van der Waals surface area (Å²) in [5.74, 6) is 1.91. The summed E-state index contributed by atoms with van der Waals surface area (Å²) >= 11 is 0. The summed E-state index contributed by atoms with van der Waals surface area (Å²) in [6.07, 6.45) is 7.84. The normalized spacial score (nSPS) is 27.5. The van der Waals surface area contributed by atoms with Crippen LogP contribution in [-0.2, 0) is 6.42 Å². The first-order chi connectivity index (χ1) is 13.1. The van der Waals surface area contributed by atoms with Gasteiger partial charge in [-0.05, 0) is 74.3 Å². The van der Waals surface area contributed by atoms with Crippen LogP contribution in [0.5, 0.6) is 11.5 Å². The Morgan fingerprint density at radius 1 is 1.07 bits per heavy atom. The fraction of sp³-hybridized carbons (Fsp3) is 0.500. The minimum absolute atomic E-state index is 0.139. The molecule has 2 aromatic rings. The van der Waals surface area contributed by atoms with Crippen molar-refractivity contribution in [2.24, 2.45) is 0 Å². The van der Waals surface area contributed by atoms with Crippen LogP contribution in [0.2, 0.25) is 0 Å². The van der Waals surface area contributed by atoms with Crippen LogP contribution in [-0.4, -0.2) is 16.8 Å². The Labute approximate surface area is 162 Å². The second kappa shape index (κ2) is 7.93. The van der Waals surface area contributed by atoms with E-state index in [4.69, 9.17) is 9.47 Å². The predicted octanol–water partition coefficient (Wildman–Crippen LogP) is 5.61. The fourth-order valence-corrected chi connectivity index (χ4v) is 4.49. The van der Waals surface area contributed by atoms with E-state index in [2.05, 4.69) is 43.3 Å². The second-order valence-corrected chi connectivity index (χ2v) is 8.12. The second-order valence-electron chi connectivity index (χ2n) is 8.12. The number of benzene rings is 2. The van der Waals surface area contributed by atoms with Crippen molar-refractivity contribution in [3.05, 3.63) is 59.7 Å². The summed E-state index contributed by atoms with van der Waals surface area (Å²) in [4.78, 5) is 0. The molecule has 3 heteroatoms. The molecular formula is C24H30O3. The average molecular weight is 367 g/mol. The largest absolute Gasteiger partial charge is 0.490 e. The molecule has 0 amide bonds. The van der Waals surface area contributed by atoms with E-state index in [-0.39, 0.29) is 12.2 Å². The van der Waals surface area contributed by atoms with E-state index in [9.17, 15) is 5.11 Å². The highest BCUT2D eigenvalue weighted by Gasteiger charge is 2.33. The third kappa shape index (κ3) is 4.30. The highest BCUT2D eigenvalue weighted by atomic mass is 16.5. The number of ether oxygens (including phenoxy) is 2. The van der Waals surface area contributed by atoms with Crippen LogP contribution in [0, 0.1) is 0 Å². The maximum absolute atomic E-state index is 10.6. The molecule has 1 heterocycles. The lowest BCUT2D eigenvalue weighted by Crippen LogP contribution is -2.37. The maximum atomic E-state index is 10.6. The van der Waals surface area contributed by atoms with Crippen molar-refractivity contribution in [3.63, 3.8) is 0 Å². The van der Waals surface area contributed by atoms with E-state index in [0.717, 1.165) is 62.9 Å². The van der Waals surface area contributed by atoms with Crippen LogP contribution in [0.4, 0.5) is 0 Å². The highest BCUT2D eigenvalue weighted by molar-refractivity contribution is 5.42. The van der Waals surface area contributed by atoms with Gasteiger partial charge in [0, 0.05) is 0 Å². The molecule has 2 aliphatic rings. The lowest BCUT2D eigenvalue weighted by molar-refractivity contribution is -0.0321. The molecule has 4 rings (SSSR count). The third-order valence-electron chi connectivity index (χ3n) is 6.03. The van der Waals surface area contributed by atoms with Crippen molar-refractivity contribution in [3.8, 4) is 11.5 Å². The molecule has 1 saturated carbocycles. The zero-order valence-electron chi connectivity index (χ0n) is 16.2. The summed E-state index contributed by atoms with van der Waals surface area (Å²) in [5.41, 5.74) is 2.01. The van der Waals surface area contributed by atoms with Crippen molar-refractivity contribution >= 4 is 0 Å². The minimum atomic E-state index is -0.468. The van der Waals surface area contributed by atoms with E-state index in [0.29, 0.717) is 0 Å². The number of fused-ring (bicyclic) bond motifs is 1. The topological polar surface area (TPSA) is 38.7 Å². The average Bonchev–Trinajstić information content (AvgIpc) is 2.70. The van der Waals surface area contributed by atoms with Gasteiger partial charge in [-0.1, -0.05) is 43.7 Å². The SMILES string of the molecule is CCCC1(O)CCC(Oc2ccc3c(c2)CCC(c2ccccc2)O3)CC1. The van der Waals surface area contributed by atoms with Crippen LogP contribution < -0.4 is 9.47 Å². The third-order valence-corrected chi connectivity index (χ3v) is 6.03. The van der Waals surface area contributed by atoms with Crippen molar-refractivity contribution in [2.75, 3.05) is 0 Å². The Morgan fingerprint density at radius 2 is 1.85 bits per heavy atom. The molecule has 1 unspecified atom stereocenters. The summed E-state index contributed by atoms with van der Waals surface area (Å²) in [5, 5.41) is 10.6. The van der Waals surface area contributed by atoms with Gasteiger partial charge in [0.05, 0.1) is 11.7 Å². The fourth-order valence-electron chi connectivity index (χ4n) is 4.49. The van der Waals surface area contributed by atoms with Crippen molar-refractivity contribution in [2.45, 2.75) is 76.1 Å². The first-order valence-electron chi connectivity index (χ1n) is 10.4. The Morgan fingerprint density at radius 3 is 2.59 bits per heavy atom. The van der Waals surface area contributed by atoms with Crippen LogP contribution in [0.25, 0.3) is 0 Å². The van der Waals surface area contributed by atoms with Crippen LogP contribution in [0.15, 0.2) is 48.5 Å². The quantitative estimate of drug-likeness (QED) is 0.748. The molecule has 1 aliphatic carbocycles. The smallest absolute Gasteiger partial charge is 0.124 e. The Hall–Kier alpha value is -2.00. The number of aryl methyl sites for hydroxylation is 1. The monoisotopic (exact) mass is 366 g/mol. The number of aliphatic hydroxyl groups is 1. The summed E-state index contributed by atoms with van der Waals surface area (Å²) in [6, 6.07) is 16.7. The van der Waals surface area contributed by atoms with Gasteiger partial charge in [0.1, 0.15) is 17.6 Å². The molecule has 3 nitrogen and oxygen atoms in total. The standard InChI is InChI=1S/C24H30O3/c1-2-14-24(25)15-12-20(13-16-24)26-21-9-11-23-19(17-21)8-10-22(27-23)18-6-4-3-5-7-18/h3-7,9,11,17,20,22,25H,2,8,10,12-16H2,1H3. The zero-order valence-corrected chi connectivity index (χ0v) is 16.2. The molecule has 27 heavy (non-hydrogen) atoms. The van der Waals surface area contributed by atoms with Gasteiger partial charge in [0.2, 0.25) is 0 Å². The summed E-state index contributed by atoms with van der Waals surface area (Å²) < 4.78 is 12.5.